The standard InChI is InChI=1S/C35H42N4O5S/c1-35(2,33(41)36-16-18-37(19-17-36)34(42)43)44-31-7-3-6-30(21-31)38-15-4-5-27(23-38)32(40)39(29-12-13-29)22-25-8-10-26(11-9-25)28-14-20-45-24-28/h3,6-11,14,20-21,24,27,29H,4-5,12-13,15-19,22-23H2,1-2H3,(H,42,43). The van der Waals surface area contributed by atoms with Gasteiger partial charge in [0.05, 0.1) is 5.92 Å². The minimum absolute atomic E-state index is 0.0727. The van der Waals surface area contributed by atoms with E-state index in [0.717, 1.165) is 43.5 Å². The first kappa shape index (κ1) is 31.0. The number of rotatable bonds is 9. The maximum Gasteiger partial charge on any atom is 0.407 e. The van der Waals surface area contributed by atoms with Gasteiger partial charge in [-0.15, -0.1) is 0 Å². The first-order valence-electron chi connectivity index (χ1n) is 15.9. The van der Waals surface area contributed by atoms with E-state index in [1.165, 1.54) is 16.0 Å². The molecule has 3 heterocycles. The highest BCUT2D eigenvalue weighted by molar-refractivity contribution is 7.08. The summed E-state index contributed by atoms with van der Waals surface area (Å²) in [5.74, 6) is 0.597. The van der Waals surface area contributed by atoms with Crippen LogP contribution in [0.5, 0.6) is 5.75 Å². The predicted molar refractivity (Wildman–Crippen MR) is 176 cm³/mol. The highest BCUT2D eigenvalue weighted by Crippen LogP contribution is 2.34. The highest BCUT2D eigenvalue weighted by atomic mass is 32.1. The van der Waals surface area contributed by atoms with Gasteiger partial charge in [-0.1, -0.05) is 30.3 Å². The number of anilines is 1. The molecule has 2 saturated heterocycles. The minimum atomic E-state index is -1.11. The van der Waals surface area contributed by atoms with E-state index < -0.39 is 11.7 Å². The molecule has 1 unspecified atom stereocenters. The maximum atomic E-state index is 14.0. The summed E-state index contributed by atoms with van der Waals surface area (Å²) >= 11 is 1.69. The minimum Gasteiger partial charge on any atom is -0.478 e. The molecule has 2 aromatic carbocycles. The van der Waals surface area contributed by atoms with E-state index in [4.69, 9.17) is 4.74 Å². The fraction of sp³-hybridized carbons (Fsp3) is 0.457. The van der Waals surface area contributed by atoms with E-state index in [0.29, 0.717) is 51.1 Å². The molecule has 6 rings (SSSR count). The Morgan fingerprint density at radius 1 is 0.933 bits per heavy atom. The third kappa shape index (κ3) is 7.27. The second-order valence-corrected chi connectivity index (χ2v) is 13.6. The number of ether oxygens (including phenoxy) is 1. The summed E-state index contributed by atoms with van der Waals surface area (Å²) in [6, 6.07) is 18.8. The molecule has 45 heavy (non-hydrogen) atoms. The van der Waals surface area contributed by atoms with Gasteiger partial charge in [0, 0.05) is 63.6 Å². The molecule has 3 aliphatic rings. The lowest BCUT2D eigenvalue weighted by atomic mass is 9.95. The number of hydrogen-bond acceptors (Lipinski definition) is 6. The summed E-state index contributed by atoms with van der Waals surface area (Å²) in [4.78, 5) is 45.9. The van der Waals surface area contributed by atoms with Crippen LogP contribution in [0.1, 0.15) is 45.1 Å². The Morgan fingerprint density at radius 3 is 2.33 bits per heavy atom. The van der Waals surface area contributed by atoms with Crippen LogP contribution < -0.4 is 9.64 Å². The topological polar surface area (TPSA) is 93.6 Å². The molecule has 1 atom stereocenters. The summed E-state index contributed by atoms with van der Waals surface area (Å²) in [5.41, 5.74) is 3.45. The molecule has 0 radical (unpaired) electrons. The Morgan fingerprint density at radius 2 is 1.67 bits per heavy atom. The monoisotopic (exact) mass is 630 g/mol. The first-order valence-corrected chi connectivity index (χ1v) is 16.9. The van der Waals surface area contributed by atoms with Gasteiger partial charge in [-0.3, -0.25) is 9.59 Å². The highest BCUT2D eigenvalue weighted by Gasteiger charge is 2.38. The molecule has 1 aromatic heterocycles. The van der Waals surface area contributed by atoms with Crippen LogP contribution in [0.25, 0.3) is 11.1 Å². The quantitative estimate of drug-likeness (QED) is 0.321. The van der Waals surface area contributed by atoms with Gasteiger partial charge in [-0.05, 0) is 85.2 Å². The van der Waals surface area contributed by atoms with Crippen LogP contribution in [0.4, 0.5) is 10.5 Å². The van der Waals surface area contributed by atoms with Gasteiger partial charge in [-0.25, -0.2) is 4.79 Å². The van der Waals surface area contributed by atoms with Gasteiger partial charge < -0.3 is 29.4 Å². The molecule has 1 aliphatic carbocycles. The van der Waals surface area contributed by atoms with Crippen LogP contribution in [-0.2, 0) is 16.1 Å². The number of amides is 3. The van der Waals surface area contributed by atoms with Crippen LogP contribution in [0.3, 0.4) is 0 Å². The van der Waals surface area contributed by atoms with Gasteiger partial charge >= 0.3 is 6.09 Å². The summed E-state index contributed by atoms with van der Waals surface area (Å²) in [7, 11) is 0. The molecule has 0 spiro atoms. The van der Waals surface area contributed by atoms with E-state index in [2.05, 4.69) is 50.9 Å². The van der Waals surface area contributed by atoms with Crippen LogP contribution in [-0.4, -0.2) is 88.6 Å². The average Bonchev–Trinajstić information content (AvgIpc) is 3.75. The summed E-state index contributed by atoms with van der Waals surface area (Å²) in [6.45, 7) is 6.94. The van der Waals surface area contributed by atoms with Crippen LogP contribution in [0.15, 0.2) is 65.4 Å². The van der Waals surface area contributed by atoms with Crippen molar-refractivity contribution in [1.29, 1.82) is 0 Å². The van der Waals surface area contributed by atoms with Crippen molar-refractivity contribution in [2.24, 2.45) is 5.92 Å². The van der Waals surface area contributed by atoms with E-state index in [9.17, 15) is 19.5 Å². The molecular weight excluding hydrogens is 588 g/mol. The number of piperidine rings is 1. The molecule has 9 nitrogen and oxygen atoms in total. The fourth-order valence-corrected chi connectivity index (χ4v) is 7.08. The Kier molecular flexibility index (Phi) is 9.03. The van der Waals surface area contributed by atoms with Crippen LogP contribution in [0.2, 0.25) is 0 Å². The number of carbonyl (C=O) groups excluding carboxylic acids is 2. The van der Waals surface area contributed by atoms with Crippen molar-refractivity contribution in [3.05, 3.63) is 70.9 Å². The van der Waals surface area contributed by atoms with Crippen molar-refractivity contribution in [2.75, 3.05) is 44.2 Å². The second kappa shape index (κ2) is 13.1. The average molecular weight is 631 g/mol. The van der Waals surface area contributed by atoms with Crippen molar-refractivity contribution in [2.45, 2.75) is 57.7 Å². The normalized spacial score (nSPS) is 18.9. The van der Waals surface area contributed by atoms with E-state index >= 15 is 0 Å². The lowest BCUT2D eigenvalue weighted by Crippen LogP contribution is -2.56. The molecule has 3 aromatic rings. The van der Waals surface area contributed by atoms with Crippen LogP contribution >= 0.6 is 11.3 Å². The molecule has 238 valence electrons. The van der Waals surface area contributed by atoms with E-state index in [1.807, 2.05) is 24.3 Å². The summed E-state index contributed by atoms with van der Waals surface area (Å²) in [5, 5.41) is 13.5. The number of carboxylic acid groups (broad SMARTS) is 1. The Hall–Kier alpha value is -4.05. The Balaban J connectivity index is 1.08. The largest absolute Gasteiger partial charge is 0.478 e. The van der Waals surface area contributed by atoms with Crippen molar-refractivity contribution >= 4 is 34.9 Å². The number of carbonyl (C=O) groups is 3. The lowest BCUT2D eigenvalue weighted by Gasteiger charge is -2.38. The number of piperazine rings is 1. The molecule has 1 N–H and O–H groups in total. The fourth-order valence-electron chi connectivity index (χ4n) is 6.41. The molecule has 1 saturated carbocycles. The van der Waals surface area contributed by atoms with E-state index in [-0.39, 0.29) is 17.7 Å². The predicted octanol–water partition coefficient (Wildman–Crippen LogP) is 5.80. The van der Waals surface area contributed by atoms with Gasteiger partial charge in [0.25, 0.3) is 5.91 Å². The molecule has 10 heteroatoms. The smallest absolute Gasteiger partial charge is 0.407 e. The van der Waals surface area contributed by atoms with Crippen molar-refractivity contribution in [3.63, 3.8) is 0 Å². The van der Waals surface area contributed by atoms with Gasteiger partial charge in [0.1, 0.15) is 5.75 Å². The lowest BCUT2D eigenvalue weighted by molar-refractivity contribution is -0.147. The third-order valence-electron chi connectivity index (χ3n) is 9.11. The van der Waals surface area contributed by atoms with Gasteiger partial charge in [-0.2, -0.15) is 11.3 Å². The zero-order valence-corrected chi connectivity index (χ0v) is 26.9. The van der Waals surface area contributed by atoms with Crippen molar-refractivity contribution in [3.8, 4) is 16.9 Å². The third-order valence-corrected chi connectivity index (χ3v) is 9.79. The summed E-state index contributed by atoms with van der Waals surface area (Å²) < 4.78 is 6.25. The van der Waals surface area contributed by atoms with E-state index in [1.54, 1.807) is 30.1 Å². The molecule has 3 amide bonds. The summed E-state index contributed by atoms with van der Waals surface area (Å²) in [6.07, 6.45) is 2.98. The molecule has 3 fully saturated rings. The number of hydrogen-bond donors (Lipinski definition) is 1. The Labute approximate surface area is 269 Å². The van der Waals surface area contributed by atoms with Crippen molar-refractivity contribution in [1.82, 2.24) is 14.7 Å². The Bertz CT molecular complexity index is 1500. The zero-order valence-electron chi connectivity index (χ0n) is 26.1. The number of benzene rings is 2. The number of nitrogens with zero attached hydrogens (tertiary/aromatic N) is 4. The van der Waals surface area contributed by atoms with Gasteiger partial charge in [0.15, 0.2) is 5.60 Å². The molecule has 0 bridgehead atoms. The molecular formula is C35H42N4O5S. The maximum absolute atomic E-state index is 14.0. The van der Waals surface area contributed by atoms with Gasteiger partial charge in [0.2, 0.25) is 5.91 Å². The zero-order chi connectivity index (χ0) is 31.6. The SMILES string of the molecule is CC(C)(Oc1cccc(N2CCCC(C(=O)N(Cc3ccc(-c4ccsc4)cc3)C3CC3)C2)c1)C(=O)N1CCN(C(=O)O)CC1. The first-order chi connectivity index (χ1) is 21.7. The van der Waals surface area contributed by atoms with Crippen molar-refractivity contribution < 1.29 is 24.2 Å². The van der Waals surface area contributed by atoms with Crippen LogP contribution in [0, 0.1) is 5.92 Å². The second-order valence-electron chi connectivity index (χ2n) is 12.9. The number of thiophene rings is 1. The molecule has 2 aliphatic heterocycles.